The van der Waals surface area contributed by atoms with E-state index in [9.17, 15) is 18.0 Å². The maximum atomic E-state index is 11.9. The molecule has 0 rings (SSSR count). The van der Waals surface area contributed by atoms with Crippen molar-refractivity contribution in [2.45, 2.75) is 32.4 Å². The largest absolute Gasteiger partial charge is 0.468 e. The first-order chi connectivity index (χ1) is 7.39. The van der Waals surface area contributed by atoms with E-state index in [1.807, 2.05) is 6.92 Å². The Labute approximate surface area is 93.6 Å². The number of rotatable bonds is 7. The number of ether oxygens (including phenoxy) is 1. The van der Waals surface area contributed by atoms with E-state index in [1.54, 1.807) is 4.90 Å². The molecule has 0 unspecified atom stereocenters. The van der Waals surface area contributed by atoms with Gasteiger partial charge in [-0.2, -0.15) is 13.2 Å². The van der Waals surface area contributed by atoms with Crippen molar-refractivity contribution >= 4 is 5.97 Å². The lowest BCUT2D eigenvalue weighted by Gasteiger charge is -2.20. The van der Waals surface area contributed by atoms with Crippen molar-refractivity contribution in [1.82, 2.24) is 4.90 Å². The van der Waals surface area contributed by atoms with Gasteiger partial charge in [0.1, 0.15) is 0 Å². The second-order valence-electron chi connectivity index (χ2n) is 3.57. The molecule has 0 heterocycles. The van der Waals surface area contributed by atoms with Gasteiger partial charge < -0.3 is 4.74 Å². The van der Waals surface area contributed by atoms with Crippen LogP contribution in [-0.2, 0) is 9.53 Å². The first-order valence-electron chi connectivity index (χ1n) is 5.25. The number of hydrogen-bond acceptors (Lipinski definition) is 3. The monoisotopic (exact) mass is 241 g/mol. The van der Waals surface area contributed by atoms with E-state index in [-0.39, 0.29) is 19.5 Å². The van der Waals surface area contributed by atoms with Crippen molar-refractivity contribution in [3.05, 3.63) is 0 Å². The van der Waals surface area contributed by atoms with Gasteiger partial charge >= 0.3 is 12.1 Å². The minimum Gasteiger partial charge on any atom is -0.468 e. The minimum atomic E-state index is -4.12. The highest BCUT2D eigenvalue weighted by Gasteiger charge is 2.26. The molecule has 96 valence electrons. The van der Waals surface area contributed by atoms with Gasteiger partial charge in [0, 0.05) is 6.42 Å². The van der Waals surface area contributed by atoms with Gasteiger partial charge in [-0.25, -0.2) is 0 Å². The Bertz CT molecular complexity index is 207. The Morgan fingerprint density at radius 1 is 1.31 bits per heavy atom. The minimum absolute atomic E-state index is 0.0144. The van der Waals surface area contributed by atoms with Gasteiger partial charge in [0.2, 0.25) is 0 Å². The summed E-state index contributed by atoms with van der Waals surface area (Å²) in [7, 11) is 1.27. The van der Waals surface area contributed by atoms with Crippen LogP contribution < -0.4 is 0 Å². The molecule has 0 atom stereocenters. The van der Waals surface area contributed by atoms with E-state index in [2.05, 4.69) is 4.74 Å². The van der Waals surface area contributed by atoms with Gasteiger partial charge in [-0.15, -0.1) is 0 Å². The predicted octanol–water partition coefficient (Wildman–Crippen LogP) is 2.21. The van der Waals surface area contributed by atoms with Gasteiger partial charge in [0.05, 0.1) is 13.7 Å². The molecule has 0 saturated heterocycles. The topological polar surface area (TPSA) is 29.5 Å². The molecule has 0 aromatic heterocycles. The van der Waals surface area contributed by atoms with Gasteiger partial charge in [-0.1, -0.05) is 6.92 Å². The molecule has 0 N–H and O–H groups in total. The zero-order valence-corrected chi connectivity index (χ0v) is 9.64. The van der Waals surface area contributed by atoms with Crippen LogP contribution in [0.4, 0.5) is 13.2 Å². The molecule has 0 aliphatic carbocycles. The lowest BCUT2D eigenvalue weighted by molar-refractivity contribution is -0.142. The first-order valence-corrected chi connectivity index (χ1v) is 5.25. The fraction of sp³-hybridized carbons (Fsp3) is 0.900. The molecule has 0 fully saturated rings. The molecule has 0 aliphatic rings. The number of nitrogens with zero attached hydrogens (tertiary/aromatic N) is 1. The fourth-order valence-electron chi connectivity index (χ4n) is 1.34. The third-order valence-corrected chi connectivity index (χ3v) is 2.05. The Morgan fingerprint density at radius 3 is 2.38 bits per heavy atom. The summed E-state index contributed by atoms with van der Waals surface area (Å²) in [6, 6.07) is 0. The van der Waals surface area contributed by atoms with E-state index >= 15 is 0 Å². The van der Waals surface area contributed by atoms with Crippen molar-refractivity contribution in [1.29, 1.82) is 0 Å². The maximum Gasteiger partial charge on any atom is 0.389 e. The van der Waals surface area contributed by atoms with E-state index in [4.69, 9.17) is 0 Å². The second kappa shape index (κ2) is 7.49. The van der Waals surface area contributed by atoms with Crippen molar-refractivity contribution < 1.29 is 22.7 Å². The molecule has 3 nitrogen and oxygen atoms in total. The molecular weight excluding hydrogens is 223 g/mol. The lowest BCUT2D eigenvalue weighted by Crippen LogP contribution is -2.32. The quantitative estimate of drug-likeness (QED) is 0.640. The van der Waals surface area contributed by atoms with Crippen LogP contribution in [0.3, 0.4) is 0 Å². The number of carbonyl (C=O) groups excluding carboxylic acids is 1. The number of methoxy groups -OCH3 is 1. The highest BCUT2D eigenvalue weighted by Crippen LogP contribution is 2.21. The molecule has 0 radical (unpaired) electrons. The van der Waals surface area contributed by atoms with Crippen LogP contribution in [-0.4, -0.2) is 43.8 Å². The third kappa shape index (κ3) is 8.52. The summed E-state index contributed by atoms with van der Waals surface area (Å²) in [5.41, 5.74) is 0. The van der Waals surface area contributed by atoms with Gasteiger partial charge in [-0.05, 0) is 25.9 Å². The molecular formula is C10H18F3NO2. The van der Waals surface area contributed by atoms with Crippen LogP contribution in [0.15, 0.2) is 0 Å². The summed E-state index contributed by atoms with van der Waals surface area (Å²) < 4.78 is 40.2. The lowest BCUT2D eigenvalue weighted by atomic mass is 10.2. The Hall–Kier alpha value is -0.780. The summed E-state index contributed by atoms with van der Waals surface area (Å²) in [4.78, 5) is 12.6. The van der Waals surface area contributed by atoms with Crippen LogP contribution in [0.1, 0.15) is 26.2 Å². The molecule has 0 amide bonds. The Balaban J connectivity index is 3.89. The number of alkyl halides is 3. The van der Waals surface area contributed by atoms with Crippen LogP contribution in [0.2, 0.25) is 0 Å². The van der Waals surface area contributed by atoms with E-state index in [0.29, 0.717) is 6.54 Å². The van der Waals surface area contributed by atoms with Crippen LogP contribution in [0.25, 0.3) is 0 Å². The Kier molecular flexibility index (Phi) is 7.12. The van der Waals surface area contributed by atoms with Crippen molar-refractivity contribution in [3.8, 4) is 0 Å². The highest BCUT2D eigenvalue weighted by molar-refractivity contribution is 5.71. The molecule has 16 heavy (non-hydrogen) atoms. The predicted molar refractivity (Wildman–Crippen MR) is 54.0 cm³/mol. The molecule has 0 aliphatic heterocycles. The molecule has 0 aromatic rings. The molecule has 0 aromatic carbocycles. The standard InChI is InChI=1S/C10H18F3NO2/c1-3-6-14(8-9(15)16-2)7-4-5-10(11,12)13/h3-8H2,1-2H3. The van der Waals surface area contributed by atoms with E-state index < -0.39 is 18.6 Å². The van der Waals surface area contributed by atoms with Crippen molar-refractivity contribution in [2.75, 3.05) is 26.7 Å². The highest BCUT2D eigenvalue weighted by atomic mass is 19.4. The van der Waals surface area contributed by atoms with Gasteiger partial charge in [0.25, 0.3) is 0 Å². The number of carbonyl (C=O) groups is 1. The van der Waals surface area contributed by atoms with Crippen LogP contribution in [0, 0.1) is 0 Å². The summed E-state index contributed by atoms with van der Waals surface area (Å²) in [5, 5.41) is 0. The smallest absolute Gasteiger partial charge is 0.389 e. The molecule has 0 saturated carbocycles. The van der Waals surface area contributed by atoms with Crippen molar-refractivity contribution in [3.63, 3.8) is 0 Å². The zero-order valence-electron chi connectivity index (χ0n) is 9.64. The first kappa shape index (κ1) is 15.2. The summed E-state index contributed by atoms with van der Waals surface area (Å²) in [6.45, 7) is 2.84. The number of hydrogen-bond donors (Lipinski definition) is 0. The van der Waals surface area contributed by atoms with E-state index in [0.717, 1.165) is 6.42 Å². The average Bonchev–Trinajstić information content (AvgIpc) is 2.15. The number of halogens is 3. The molecule has 0 bridgehead atoms. The summed E-state index contributed by atoms with van der Waals surface area (Å²) in [6.07, 6.45) is -4.12. The SMILES string of the molecule is CCCN(CCCC(F)(F)F)CC(=O)OC. The summed E-state index contributed by atoms with van der Waals surface area (Å²) in [5.74, 6) is -0.416. The maximum absolute atomic E-state index is 11.9. The third-order valence-electron chi connectivity index (χ3n) is 2.05. The van der Waals surface area contributed by atoms with Crippen LogP contribution >= 0.6 is 0 Å². The van der Waals surface area contributed by atoms with E-state index in [1.165, 1.54) is 7.11 Å². The fourth-order valence-corrected chi connectivity index (χ4v) is 1.34. The molecule has 0 spiro atoms. The molecule has 6 heteroatoms. The second-order valence-corrected chi connectivity index (χ2v) is 3.57. The summed E-state index contributed by atoms with van der Waals surface area (Å²) >= 11 is 0. The normalized spacial score (nSPS) is 11.9. The van der Waals surface area contributed by atoms with Gasteiger partial charge in [0.15, 0.2) is 0 Å². The van der Waals surface area contributed by atoms with Gasteiger partial charge in [-0.3, -0.25) is 9.69 Å². The average molecular weight is 241 g/mol. The van der Waals surface area contributed by atoms with Crippen LogP contribution in [0.5, 0.6) is 0 Å². The van der Waals surface area contributed by atoms with Crippen molar-refractivity contribution in [2.24, 2.45) is 0 Å². The zero-order chi connectivity index (χ0) is 12.6. The Morgan fingerprint density at radius 2 is 1.94 bits per heavy atom. The number of esters is 1.